The third kappa shape index (κ3) is 37.3. The van der Waals surface area contributed by atoms with Gasteiger partial charge in [-0.3, -0.25) is 23.9 Å². The van der Waals surface area contributed by atoms with Gasteiger partial charge in [-0.05, 0) is 32.1 Å². The molecule has 0 aliphatic carbocycles. The third-order valence-corrected chi connectivity index (χ3v) is 10.2. The van der Waals surface area contributed by atoms with Crippen molar-refractivity contribution in [2.75, 3.05) is 47.5 Å². The Labute approximate surface area is 329 Å². The lowest BCUT2D eigenvalue weighted by atomic mass is 10.0. The molecule has 0 rings (SSSR count). The van der Waals surface area contributed by atoms with Gasteiger partial charge in [0.2, 0.25) is 0 Å². The lowest BCUT2D eigenvalue weighted by molar-refractivity contribution is -0.870. The van der Waals surface area contributed by atoms with Gasteiger partial charge in [-0.15, -0.1) is 0 Å². The van der Waals surface area contributed by atoms with E-state index in [1.807, 2.05) is 39.4 Å². The fourth-order valence-electron chi connectivity index (χ4n) is 5.76. The number of hydrogen-bond acceptors (Lipinski definition) is 9. The summed E-state index contributed by atoms with van der Waals surface area (Å²) in [6.45, 7) is 4.22. The van der Waals surface area contributed by atoms with Crippen molar-refractivity contribution in [3.8, 4) is 0 Å². The van der Waals surface area contributed by atoms with Gasteiger partial charge in [0.1, 0.15) is 25.9 Å². The second-order valence-electron chi connectivity index (χ2n) is 15.7. The molecule has 0 spiro atoms. The highest BCUT2D eigenvalue weighted by Gasteiger charge is 2.27. The Kier molecular flexibility index (Phi) is 34.7. The summed E-state index contributed by atoms with van der Waals surface area (Å²) in [7, 11) is 1.42. The van der Waals surface area contributed by atoms with Gasteiger partial charge in [-0.2, -0.15) is 0 Å². The van der Waals surface area contributed by atoms with E-state index >= 15 is 0 Å². The van der Waals surface area contributed by atoms with Gasteiger partial charge in [0.05, 0.1) is 27.7 Å². The Morgan fingerprint density at radius 1 is 0.667 bits per heavy atom. The van der Waals surface area contributed by atoms with Crippen LogP contribution in [0.2, 0.25) is 0 Å². The van der Waals surface area contributed by atoms with Crippen LogP contribution in [-0.2, 0) is 37.6 Å². The monoisotopic (exact) mass is 791 g/mol. The summed E-state index contributed by atoms with van der Waals surface area (Å²) in [6, 6.07) is 0. The number of carbonyl (C=O) groups excluding carboxylic acids is 2. The maximum atomic E-state index is 12.7. The van der Waals surface area contributed by atoms with Crippen LogP contribution in [0, 0.1) is 0 Å². The number of esters is 2. The highest BCUT2D eigenvalue weighted by atomic mass is 31.2. The van der Waals surface area contributed by atoms with Crippen LogP contribution < -0.4 is 0 Å². The molecule has 54 heavy (non-hydrogen) atoms. The zero-order chi connectivity index (χ0) is 40.2. The van der Waals surface area contributed by atoms with Crippen molar-refractivity contribution in [2.24, 2.45) is 0 Å². The summed E-state index contributed by atoms with van der Waals surface area (Å²) in [5, 5.41) is 9.02. The van der Waals surface area contributed by atoms with Gasteiger partial charge in [-0.25, -0.2) is 9.45 Å². The van der Waals surface area contributed by atoms with E-state index in [1.54, 1.807) is 0 Å². The number of allylic oxidation sites excluding steroid dienone is 3. The van der Waals surface area contributed by atoms with Crippen molar-refractivity contribution in [3.05, 3.63) is 24.3 Å². The fourth-order valence-corrected chi connectivity index (χ4v) is 6.50. The average Bonchev–Trinajstić information content (AvgIpc) is 3.12. The van der Waals surface area contributed by atoms with Crippen LogP contribution in [0.5, 0.6) is 0 Å². The average molecular weight is 791 g/mol. The number of phosphoric acid groups is 1. The number of likely N-dealkylation sites (N-methyl/N-ethyl adjacent to an activating group) is 1. The van der Waals surface area contributed by atoms with Crippen molar-refractivity contribution in [1.82, 2.24) is 0 Å². The molecule has 3 atom stereocenters. The van der Waals surface area contributed by atoms with Crippen molar-refractivity contribution < 1.29 is 52.2 Å². The van der Waals surface area contributed by atoms with E-state index < -0.39 is 26.5 Å². The number of phosphoric ester groups is 1. The van der Waals surface area contributed by atoms with Crippen LogP contribution in [0.3, 0.4) is 0 Å². The van der Waals surface area contributed by atoms with E-state index in [1.165, 1.54) is 64.2 Å². The number of unbranched alkanes of at least 4 members (excludes halogenated alkanes) is 19. The molecule has 0 aliphatic rings. The van der Waals surface area contributed by atoms with Crippen molar-refractivity contribution in [1.29, 1.82) is 0 Å². The highest BCUT2D eigenvalue weighted by Crippen LogP contribution is 2.43. The maximum absolute atomic E-state index is 12.7. The van der Waals surface area contributed by atoms with E-state index in [9.17, 15) is 19.0 Å². The molecule has 11 nitrogen and oxygen atoms in total. The van der Waals surface area contributed by atoms with Crippen LogP contribution in [0.25, 0.3) is 0 Å². The normalized spacial score (nSPS) is 14.4. The Balaban J connectivity index is 4.48. The van der Waals surface area contributed by atoms with Gasteiger partial charge in [0.25, 0.3) is 0 Å². The van der Waals surface area contributed by atoms with Gasteiger partial charge < -0.3 is 18.9 Å². The van der Waals surface area contributed by atoms with Gasteiger partial charge in [-0.1, -0.05) is 154 Å². The number of ether oxygens (including phenoxy) is 2. The Morgan fingerprint density at radius 2 is 1.19 bits per heavy atom. The minimum atomic E-state index is -4.39. The summed E-state index contributed by atoms with van der Waals surface area (Å²) < 4.78 is 34.2. The number of quaternary nitrogens is 1. The molecule has 0 aliphatic heterocycles. The van der Waals surface area contributed by atoms with E-state index in [2.05, 4.69) is 24.8 Å². The van der Waals surface area contributed by atoms with E-state index in [4.69, 9.17) is 23.8 Å². The second-order valence-corrected chi connectivity index (χ2v) is 17.1. The van der Waals surface area contributed by atoms with Crippen LogP contribution in [0.4, 0.5) is 0 Å². The molecule has 0 saturated heterocycles. The zero-order valence-electron chi connectivity index (χ0n) is 35.0. The lowest BCUT2D eigenvalue weighted by Crippen LogP contribution is -2.37. The second kappa shape index (κ2) is 35.8. The zero-order valence-corrected chi connectivity index (χ0v) is 35.9. The van der Waals surface area contributed by atoms with E-state index in [0.29, 0.717) is 17.4 Å². The summed E-state index contributed by atoms with van der Waals surface area (Å²) in [5.74, 6) is -0.855. The fraction of sp³-hybridized carbons (Fsp3) is 0.857. The first kappa shape index (κ1) is 52.4. The quantitative estimate of drug-likeness (QED) is 0.0118. The molecule has 0 aromatic rings. The lowest BCUT2D eigenvalue weighted by Gasteiger charge is -2.24. The maximum Gasteiger partial charge on any atom is 0.472 e. The molecular weight excluding hydrogens is 709 g/mol. The number of rotatable bonds is 39. The summed E-state index contributed by atoms with van der Waals surface area (Å²) in [5.41, 5.74) is 0. The van der Waals surface area contributed by atoms with Crippen LogP contribution in [0.15, 0.2) is 24.3 Å². The molecule has 0 saturated carbocycles. The van der Waals surface area contributed by atoms with Crippen LogP contribution in [-0.4, -0.2) is 86.3 Å². The SMILES string of the molecule is CCCCCCCCCCCCCCCC(=O)OC[C@H](COP(=O)(O)OCC[N+](C)(C)C)OC(=O)CCCCCCC/C=C\C=C\[C@H](CCCCC)OO. The largest absolute Gasteiger partial charge is 0.472 e. The first-order chi connectivity index (χ1) is 25.9. The van der Waals surface area contributed by atoms with E-state index in [0.717, 1.165) is 77.0 Å². The first-order valence-electron chi connectivity index (χ1n) is 21.3. The smallest absolute Gasteiger partial charge is 0.462 e. The summed E-state index contributed by atoms with van der Waals surface area (Å²) in [6.07, 6.45) is 32.5. The molecule has 2 N–H and O–H groups in total. The summed E-state index contributed by atoms with van der Waals surface area (Å²) >= 11 is 0. The Bertz CT molecular complexity index is 1000. The van der Waals surface area contributed by atoms with Crippen molar-refractivity contribution in [3.63, 3.8) is 0 Å². The highest BCUT2D eigenvalue weighted by molar-refractivity contribution is 7.47. The molecule has 0 fully saturated rings. The minimum absolute atomic E-state index is 0.0167. The third-order valence-electron chi connectivity index (χ3n) is 9.21. The standard InChI is InChI=1S/C42H80NO10P/c1-6-8-10-11-12-13-14-15-16-19-22-25-29-33-41(44)49-37-40(38-51-54(47,48)50-36-35-43(3,4)5)52-42(45)34-30-26-23-20-17-18-21-24-28-32-39(53-46)31-27-9-7-2/h21,24,28,32,39-40H,6-20,22-23,25-27,29-31,33-38H2,1-5H3,(H-,46,47,48)/p+1/b24-21-,32-28+/t39-,40+/m0/s1. The number of nitrogens with zero attached hydrogens (tertiary/aromatic N) is 1. The minimum Gasteiger partial charge on any atom is -0.462 e. The van der Waals surface area contributed by atoms with Crippen molar-refractivity contribution in [2.45, 2.75) is 187 Å². The molecule has 318 valence electrons. The first-order valence-corrected chi connectivity index (χ1v) is 22.8. The molecule has 0 aromatic heterocycles. The van der Waals surface area contributed by atoms with Gasteiger partial charge in [0.15, 0.2) is 6.10 Å². The van der Waals surface area contributed by atoms with Crippen LogP contribution in [0.1, 0.15) is 174 Å². The molecule has 12 heteroatoms. The molecular formula is C42H81NO10P+. The topological polar surface area (TPSA) is 138 Å². The van der Waals surface area contributed by atoms with E-state index in [-0.39, 0.29) is 38.1 Å². The molecule has 1 unspecified atom stereocenters. The predicted molar refractivity (Wildman–Crippen MR) is 218 cm³/mol. The van der Waals surface area contributed by atoms with Crippen molar-refractivity contribution >= 4 is 19.8 Å². The van der Waals surface area contributed by atoms with Gasteiger partial charge in [0, 0.05) is 12.8 Å². The summed E-state index contributed by atoms with van der Waals surface area (Å²) in [4.78, 5) is 39.8. The van der Waals surface area contributed by atoms with Gasteiger partial charge >= 0.3 is 19.8 Å². The number of hydrogen-bond donors (Lipinski definition) is 2. The molecule has 0 amide bonds. The Hall–Kier alpha value is -1.59. The molecule has 0 radical (unpaired) electrons. The van der Waals surface area contributed by atoms with Crippen LogP contribution >= 0.6 is 7.82 Å². The Morgan fingerprint density at radius 3 is 1.74 bits per heavy atom. The molecule has 0 bridgehead atoms. The molecule has 0 aromatic carbocycles. The number of carbonyl (C=O) groups is 2. The predicted octanol–water partition coefficient (Wildman–Crippen LogP) is 11.0. The molecule has 0 heterocycles.